The van der Waals surface area contributed by atoms with E-state index in [9.17, 15) is 4.79 Å². The van der Waals surface area contributed by atoms with Gasteiger partial charge in [-0.15, -0.1) is 0 Å². The van der Waals surface area contributed by atoms with Gasteiger partial charge in [-0.2, -0.15) is 4.98 Å². The Balaban J connectivity index is 1.65. The number of amides is 1. The molecule has 0 radical (unpaired) electrons. The molecular formula is C13H12ClN3O2. The molecule has 0 bridgehead atoms. The highest BCUT2D eigenvalue weighted by atomic mass is 35.5. The van der Waals surface area contributed by atoms with Crippen LogP contribution in [0.15, 0.2) is 28.8 Å². The molecule has 1 heterocycles. The largest absolute Gasteiger partial charge is 0.347 e. The number of hydrogen-bond donors (Lipinski definition) is 1. The van der Waals surface area contributed by atoms with Crippen LogP contribution in [-0.2, 0) is 11.3 Å². The Morgan fingerprint density at radius 3 is 2.79 bits per heavy atom. The Morgan fingerprint density at radius 2 is 2.11 bits per heavy atom. The molecule has 1 aromatic carbocycles. The van der Waals surface area contributed by atoms with Crippen molar-refractivity contribution in [2.45, 2.75) is 19.4 Å². The molecule has 1 aromatic heterocycles. The van der Waals surface area contributed by atoms with Crippen molar-refractivity contribution < 1.29 is 9.32 Å². The summed E-state index contributed by atoms with van der Waals surface area (Å²) in [6.45, 7) is 0.274. The van der Waals surface area contributed by atoms with Crippen molar-refractivity contribution in [2.75, 3.05) is 0 Å². The van der Waals surface area contributed by atoms with Crippen LogP contribution in [0.25, 0.3) is 11.4 Å². The monoisotopic (exact) mass is 277 g/mol. The lowest BCUT2D eigenvalue weighted by Crippen LogP contribution is -2.24. The van der Waals surface area contributed by atoms with E-state index in [-0.39, 0.29) is 18.4 Å². The molecule has 98 valence electrons. The lowest BCUT2D eigenvalue weighted by molar-refractivity contribution is -0.122. The summed E-state index contributed by atoms with van der Waals surface area (Å²) >= 11 is 5.81. The predicted molar refractivity (Wildman–Crippen MR) is 69.3 cm³/mol. The van der Waals surface area contributed by atoms with Gasteiger partial charge in [-0.25, -0.2) is 0 Å². The topological polar surface area (TPSA) is 68.0 Å². The van der Waals surface area contributed by atoms with Crippen LogP contribution < -0.4 is 5.32 Å². The van der Waals surface area contributed by atoms with Gasteiger partial charge in [0.05, 0.1) is 6.54 Å². The molecule has 0 saturated heterocycles. The van der Waals surface area contributed by atoms with E-state index in [4.69, 9.17) is 16.1 Å². The van der Waals surface area contributed by atoms with Gasteiger partial charge in [-0.1, -0.05) is 16.8 Å². The lowest BCUT2D eigenvalue weighted by Gasteiger charge is -1.98. The molecule has 1 N–H and O–H groups in total. The van der Waals surface area contributed by atoms with Gasteiger partial charge < -0.3 is 9.84 Å². The second-order valence-corrected chi connectivity index (χ2v) is 4.95. The van der Waals surface area contributed by atoms with E-state index < -0.39 is 0 Å². The third-order valence-corrected chi connectivity index (χ3v) is 3.18. The maximum absolute atomic E-state index is 11.5. The van der Waals surface area contributed by atoms with E-state index in [0.717, 1.165) is 18.4 Å². The van der Waals surface area contributed by atoms with Crippen LogP contribution in [0.3, 0.4) is 0 Å². The Hall–Kier alpha value is -1.88. The second-order valence-electron chi connectivity index (χ2n) is 4.51. The molecule has 0 aliphatic heterocycles. The molecule has 0 spiro atoms. The average molecular weight is 278 g/mol. The number of halogens is 1. The minimum Gasteiger partial charge on any atom is -0.347 e. The standard InChI is InChI=1S/C13H12ClN3O2/c14-10-5-3-8(4-6-10)12-16-11(19-17-12)7-15-13(18)9-1-2-9/h3-6,9H,1-2,7H2,(H,15,18). The summed E-state index contributed by atoms with van der Waals surface area (Å²) in [5.41, 5.74) is 0.827. The maximum Gasteiger partial charge on any atom is 0.246 e. The quantitative estimate of drug-likeness (QED) is 0.932. The summed E-state index contributed by atoms with van der Waals surface area (Å²) in [5, 5.41) is 7.31. The van der Waals surface area contributed by atoms with Crippen LogP contribution in [0.2, 0.25) is 5.02 Å². The van der Waals surface area contributed by atoms with Crippen molar-refractivity contribution in [1.29, 1.82) is 0 Å². The normalized spacial score (nSPS) is 14.4. The molecule has 0 unspecified atom stereocenters. The van der Waals surface area contributed by atoms with Crippen LogP contribution in [0.4, 0.5) is 0 Å². The average Bonchev–Trinajstić information content (AvgIpc) is 3.16. The number of hydrogen-bond acceptors (Lipinski definition) is 4. The van der Waals surface area contributed by atoms with E-state index >= 15 is 0 Å². The maximum atomic E-state index is 11.5. The molecule has 2 aromatic rings. The molecule has 1 fully saturated rings. The summed E-state index contributed by atoms with van der Waals surface area (Å²) in [6.07, 6.45) is 1.96. The smallest absolute Gasteiger partial charge is 0.246 e. The molecular weight excluding hydrogens is 266 g/mol. The van der Waals surface area contributed by atoms with Crippen molar-refractivity contribution >= 4 is 17.5 Å². The molecule has 1 aliphatic carbocycles. The van der Waals surface area contributed by atoms with Gasteiger partial charge in [0, 0.05) is 16.5 Å². The summed E-state index contributed by atoms with van der Waals surface area (Å²) in [6, 6.07) is 7.17. The minimum absolute atomic E-state index is 0.0613. The zero-order valence-electron chi connectivity index (χ0n) is 10.1. The number of nitrogens with one attached hydrogen (secondary N) is 1. The first-order valence-corrected chi connectivity index (χ1v) is 6.46. The second kappa shape index (κ2) is 5.01. The molecule has 1 amide bonds. The number of benzene rings is 1. The molecule has 0 atom stereocenters. The van der Waals surface area contributed by atoms with Crippen molar-refractivity contribution in [3.63, 3.8) is 0 Å². The molecule has 1 saturated carbocycles. The highest BCUT2D eigenvalue weighted by Crippen LogP contribution is 2.28. The van der Waals surface area contributed by atoms with Crippen LogP contribution in [0, 0.1) is 5.92 Å². The number of aromatic nitrogens is 2. The van der Waals surface area contributed by atoms with Crippen molar-refractivity contribution in [2.24, 2.45) is 5.92 Å². The minimum atomic E-state index is 0.0613. The van der Waals surface area contributed by atoms with Gasteiger partial charge in [0.2, 0.25) is 17.6 Å². The highest BCUT2D eigenvalue weighted by molar-refractivity contribution is 6.30. The summed E-state index contributed by atoms with van der Waals surface area (Å²) in [7, 11) is 0. The van der Waals surface area contributed by atoms with Gasteiger partial charge in [-0.3, -0.25) is 4.79 Å². The van der Waals surface area contributed by atoms with Gasteiger partial charge in [-0.05, 0) is 37.1 Å². The molecule has 6 heteroatoms. The fourth-order valence-corrected chi connectivity index (χ4v) is 1.82. The van der Waals surface area contributed by atoms with Crippen molar-refractivity contribution in [3.8, 4) is 11.4 Å². The van der Waals surface area contributed by atoms with Gasteiger partial charge in [0.15, 0.2) is 0 Å². The van der Waals surface area contributed by atoms with E-state index in [1.165, 1.54) is 0 Å². The highest BCUT2D eigenvalue weighted by Gasteiger charge is 2.29. The fraction of sp³-hybridized carbons (Fsp3) is 0.308. The third-order valence-electron chi connectivity index (χ3n) is 2.93. The Bertz CT molecular complexity index is 590. The Kier molecular flexibility index (Phi) is 3.21. The van der Waals surface area contributed by atoms with Crippen LogP contribution >= 0.6 is 11.6 Å². The Morgan fingerprint density at radius 1 is 1.37 bits per heavy atom. The summed E-state index contributed by atoms with van der Waals surface area (Å²) in [4.78, 5) is 15.7. The van der Waals surface area contributed by atoms with E-state index in [2.05, 4.69) is 15.5 Å². The van der Waals surface area contributed by atoms with E-state index in [0.29, 0.717) is 16.7 Å². The number of carbonyl (C=O) groups excluding carboxylic acids is 1. The van der Waals surface area contributed by atoms with E-state index in [1.807, 2.05) is 12.1 Å². The first-order valence-electron chi connectivity index (χ1n) is 6.08. The first kappa shape index (κ1) is 12.2. The summed E-state index contributed by atoms with van der Waals surface area (Å²) < 4.78 is 5.09. The molecule has 1 aliphatic rings. The fourth-order valence-electron chi connectivity index (χ4n) is 1.70. The number of nitrogens with zero attached hydrogens (tertiary/aromatic N) is 2. The number of carbonyl (C=O) groups is 1. The molecule has 19 heavy (non-hydrogen) atoms. The SMILES string of the molecule is O=C(NCc1nc(-c2ccc(Cl)cc2)no1)C1CC1. The zero-order valence-corrected chi connectivity index (χ0v) is 10.9. The van der Waals surface area contributed by atoms with Crippen molar-refractivity contribution in [3.05, 3.63) is 35.2 Å². The predicted octanol–water partition coefficient (Wildman–Crippen LogP) is 2.42. The third kappa shape index (κ3) is 2.93. The van der Waals surface area contributed by atoms with Gasteiger partial charge in [0.1, 0.15) is 0 Å². The molecule has 5 nitrogen and oxygen atoms in total. The number of rotatable bonds is 4. The van der Waals surface area contributed by atoms with E-state index in [1.54, 1.807) is 12.1 Å². The van der Waals surface area contributed by atoms with Crippen LogP contribution in [-0.4, -0.2) is 16.0 Å². The summed E-state index contributed by atoms with van der Waals surface area (Å²) in [5.74, 6) is 1.14. The Labute approximate surface area is 115 Å². The van der Waals surface area contributed by atoms with Gasteiger partial charge >= 0.3 is 0 Å². The van der Waals surface area contributed by atoms with Crippen LogP contribution in [0.1, 0.15) is 18.7 Å². The molecule has 3 rings (SSSR count). The van der Waals surface area contributed by atoms with Crippen LogP contribution in [0.5, 0.6) is 0 Å². The first-order chi connectivity index (χ1) is 9.22. The lowest BCUT2D eigenvalue weighted by atomic mass is 10.2. The van der Waals surface area contributed by atoms with Crippen molar-refractivity contribution in [1.82, 2.24) is 15.5 Å². The van der Waals surface area contributed by atoms with Gasteiger partial charge in [0.25, 0.3) is 0 Å². The zero-order chi connectivity index (χ0) is 13.2.